The zero-order valence-corrected chi connectivity index (χ0v) is 26.7. The van der Waals surface area contributed by atoms with E-state index < -0.39 is 27.9 Å². The number of fused-ring (bicyclic) bond motifs is 1. The predicted octanol–water partition coefficient (Wildman–Crippen LogP) is 2.41. The Bertz CT molecular complexity index is 1420. The van der Waals surface area contributed by atoms with Crippen LogP contribution in [0.2, 0.25) is 0 Å². The van der Waals surface area contributed by atoms with Crippen LogP contribution in [-0.4, -0.2) is 98.8 Å². The molecule has 2 aliphatic rings. The first-order valence-electron chi connectivity index (χ1n) is 14.2. The molecule has 11 heteroatoms. The van der Waals surface area contributed by atoms with E-state index in [-0.39, 0.29) is 36.1 Å². The van der Waals surface area contributed by atoms with Crippen molar-refractivity contribution in [2.75, 3.05) is 51.8 Å². The molecule has 1 fully saturated rings. The van der Waals surface area contributed by atoms with E-state index in [9.17, 15) is 14.4 Å². The molecule has 1 saturated heterocycles. The first-order chi connectivity index (χ1) is 20.2. The summed E-state index contributed by atoms with van der Waals surface area (Å²) in [5.74, 6) is -0.0500. The molecular formula is C31H38AsN5O5. The SMILES string of the molecule is CO[C@@H](C(=O)N1Cc2c([AsH]C(=O)c3ccc(N4CCN(C)CC4)cc3)nn(C(=O)OCC(C)C)c2C1)c1ccccc1. The molecular weight excluding hydrogens is 597 g/mol. The number of nitrogens with zero attached hydrogens (tertiary/aromatic N) is 5. The first kappa shape index (κ1) is 30.0. The molecule has 1 unspecified atom stereocenters. The topological polar surface area (TPSA) is 97.2 Å². The van der Waals surface area contributed by atoms with Crippen molar-refractivity contribution in [3.63, 3.8) is 0 Å². The van der Waals surface area contributed by atoms with Gasteiger partial charge in [-0.05, 0) is 0 Å². The van der Waals surface area contributed by atoms with Gasteiger partial charge in [0.1, 0.15) is 0 Å². The van der Waals surface area contributed by atoms with Crippen LogP contribution in [0.1, 0.15) is 47.1 Å². The van der Waals surface area contributed by atoms with Crippen molar-refractivity contribution in [3.8, 4) is 0 Å². The van der Waals surface area contributed by atoms with E-state index in [0.717, 1.165) is 43.0 Å². The maximum absolute atomic E-state index is 13.6. The molecule has 3 aromatic rings. The summed E-state index contributed by atoms with van der Waals surface area (Å²) in [5, 5.41) is 4.58. The fourth-order valence-electron chi connectivity index (χ4n) is 5.19. The molecule has 2 aromatic carbocycles. The Morgan fingerprint density at radius 2 is 1.64 bits per heavy atom. The van der Waals surface area contributed by atoms with Gasteiger partial charge in [-0.2, -0.15) is 0 Å². The second kappa shape index (κ2) is 13.2. The molecule has 10 nitrogen and oxygen atoms in total. The molecule has 0 N–H and O–H groups in total. The summed E-state index contributed by atoms with van der Waals surface area (Å²) in [6.07, 6.45) is -1.37. The van der Waals surface area contributed by atoms with E-state index in [1.807, 2.05) is 68.4 Å². The molecule has 0 spiro atoms. The van der Waals surface area contributed by atoms with Gasteiger partial charge < -0.3 is 0 Å². The second-order valence-corrected chi connectivity index (χ2v) is 13.6. The summed E-state index contributed by atoms with van der Waals surface area (Å²) < 4.78 is 12.9. The van der Waals surface area contributed by atoms with Gasteiger partial charge in [-0.3, -0.25) is 0 Å². The van der Waals surface area contributed by atoms with E-state index in [1.54, 1.807) is 4.90 Å². The Kier molecular flexibility index (Phi) is 9.46. The number of aromatic nitrogens is 2. The van der Waals surface area contributed by atoms with Gasteiger partial charge in [0.05, 0.1) is 0 Å². The number of rotatable bonds is 9. The summed E-state index contributed by atoms with van der Waals surface area (Å²) in [7, 11) is 3.63. The molecule has 0 bridgehead atoms. The number of likely N-dealkylation sites (N-methyl/N-ethyl adjacent to an activating group) is 1. The first-order valence-corrected chi connectivity index (χ1v) is 16.3. The van der Waals surface area contributed by atoms with Crippen LogP contribution in [-0.2, 0) is 27.4 Å². The molecule has 0 aliphatic carbocycles. The molecule has 2 atom stereocenters. The monoisotopic (exact) mass is 635 g/mol. The number of piperazine rings is 1. The average molecular weight is 636 g/mol. The summed E-state index contributed by atoms with van der Waals surface area (Å²) in [6, 6.07) is 17.1. The summed E-state index contributed by atoms with van der Waals surface area (Å²) in [4.78, 5) is 46.4. The van der Waals surface area contributed by atoms with Crippen molar-refractivity contribution >= 4 is 42.5 Å². The van der Waals surface area contributed by atoms with Gasteiger partial charge in [-0.25, -0.2) is 0 Å². The Labute approximate surface area is 253 Å². The summed E-state index contributed by atoms with van der Waals surface area (Å²) >= 11 is -1.42. The van der Waals surface area contributed by atoms with Crippen LogP contribution in [0.3, 0.4) is 0 Å². The van der Waals surface area contributed by atoms with E-state index >= 15 is 0 Å². The van der Waals surface area contributed by atoms with Crippen molar-refractivity contribution in [2.45, 2.75) is 33.0 Å². The molecule has 1 amide bonds. The number of anilines is 1. The van der Waals surface area contributed by atoms with Crippen molar-refractivity contribution in [1.29, 1.82) is 0 Å². The van der Waals surface area contributed by atoms with Gasteiger partial charge in [0.15, 0.2) is 0 Å². The molecule has 222 valence electrons. The third kappa shape index (κ3) is 6.61. The molecule has 42 heavy (non-hydrogen) atoms. The van der Waals surface area contributed by atoms with Gasteiger partial charge in [-0.15, -0.1) is 0 Å². The number of methoxy groups -OCH3 is 1. The van der Waals surface area contributed by atoms with E-state index in [4.69, 9.17) is 9.47 Å². The van der Waals surface area contributed by atoms with Gasteiger partial charge in [0.2, 0.25) is 0 Å². The van der Waals surface area contributed by atoms with Crippen LogP contribution in [0.5, 0.6) is 0 Å². The Balaban J connectivity index is 1.36. The van der Waals surface area contributed by atoms with Crippen molar-refractivity contribution < 1.29 is 23.9 Å². The van der Waals surface area contributed by atoms with Crippen LogP contribution < -0.4 is 9.38 Å². The number of ether oxygens (including phenoxy) is 2. The molecule has 1 aromatic heterocycles. The molecule has 3 heterocycles. The zero-order valence-electron chi connectivity index (χ0n) is 24.6. The second-order valence-electron chi connectivity index (χ2n) is 11.2. The Morgan fingerprint density at radius 3 is 2.29 bits per heavy atom. The standard InChI is InChI=1S/C31H38AsN5O5/c1-21(2)20-42-31(40)37-26-19-36(30(39)27(41-4)22-8-6-5-7-9-22)18-25(26)28(33-37)32-29(38)23-10-12-24(13-11-23)35-16-14-34(3)15-17-35/h5-13,21,27,32H,14-20H2,1-4H3/t27-/m1/s1. The van der Waals surface area contributed by atoms with E-state index in [0.29, 0.717) is 15.7 Å². The molecule has 0 saturated carbocycles. The van der Waals surface area contributed by atoms with Crippen molar-refractivity contribution in [3.05, 3.63) is 77.0 Å². The Morgan fingerprint density at radius 1 is 0.952 bits per heavy atom. The van der Waals surface area contributed by atoms with Gasteiger partial charge >= 0.3 is 254 Å². The summed E-state index contributed by atoms with van der Waals surface area (Å²) in [6.45, 7) is 8.54. The minimum atomic E-state index is -1.42. The Hall–Kier alpha value is -3.46. The summed E-state index contributed by atoms with van der Waals surface area (Å²) in [5.41, 5.74) is 3.85. The quantitative estimate of drug-likeness (QED) is 0.331. The maximum atomic E-state index is 13.6. The fourth-order valence-corrected chi connectivity index (χ4v) is 7.39. The number of carbonyl (C=O) groups excluding carboxylic acids is 3. The van der Waals surface area contributed by atoms with Gasteiger partial charge in [-0.1, -0.05) is 0 Å². The van der Waals surface area contributed by atoms with Crippen LogP contribution in [0.25, 0.3) is 0 Å². The minimum absolute atomic E-state index is 0.0201. The molecule has 5 rings (SSSR count). The molecule has 0 radical (unpaired) electrons. The van der Waals surface area contributed by atoms with Gasteiger partial charge in [0.25, 0.3) is 0 Å². The van der Waals surface area contributed by atoms with Crippen molar-refractivity contribution in [2.24, 2.45) is 5.92 Å². The van der Waals surface area contributed by atoms with Crippen LogP contribution in [0, 0.1) is 5.92 Å². The third-order valence-corrected chi connectivity index (χ3v) is 10.0. The van der Waals surface area contributed by atoms with Crippen LogP contribution >= 0.6 is 0 Å². The number of benzene rings is 2. The normalized spacial score (nSPS) is 16.3. The zero-order chi connectivity index (χ0) is 29.8. The number of carbonyl (C=O) groups is 3. The fraction of sp³-hybridized carbons (Fsp3) is 0.419. The third-order valence-electron chi connectivity index (χ3n) is 7.60. The van der Waals surface area contributed by atoms with E-state index in [1.165, 1.54) is 11.8 Å². The van der Waals surface area contributed by atoms with Crippen LogP contribution in [0.4, 0.5) is 10.5 Å². The molecule has 2 aliphatic heterocycles. The van der Waals surface area contributed by atoms with Crippen LogP contribution in [0.15, 0.2) is 54.6 Å². The predicted molar refractivity (Wildman–Crippen MR) is 162 cm³/mol. The number of hydrogen-bond acceptors (Lipinski definition) is 8. The van der Waals surface area contributed by atoms with Gasteiger partial charge in [0, 0.05) is 0 Å². The number of amides is 1. The van der Waals surface area contributed by atoms with Crippen molar-refractivity contribution in [1.82, 2.24) is 19.6 Å². The van der Waals surface area contributed by atoms with E-state index in [2.05, 4.69) is 21.9 Å². The average Bonchev–Trinajstić information content (AvgIpc) is 3.58. The number of hydrogen-bond donors (Lipinski definition) is 0.